The molecule has 94 valence electrons. The Labute approximate surface area is 107 Å². The van der Waals surface area contributed by atoms with E-state index in [4.69, 9.17) is 4.84 Å². The zero-order valence-corrected chi connectivity index (χ0v) is 11.3. The molecule has 0 aliphatic carbocycles. The summed E-state index contributed by atoms with van der Waals surface area (Å²) in [6, 6.07) is 9.74. The van der Waals surface area contributed by atoms with Gasteiger partial charge in [0.2, 0.25) is 0 Å². The maximum atomic E-state index is 11.4. The van der Waals surface area contributed by atoms with Gasteiger partial charge in [-0.05, 0) is 5.56 Å². The zero-order valence-electron chi connectivity index (χ0n) is 10.5. The molecular formula is C13H19NO2S. The molecule has 1 aromatic carbocycles. The fourth-order valence-corrected chi connectivity index (χ4v) is 1.71. The van der Waals surface area contributed by atoms with E-state index in [0.717, 1.165) is 5.56 Å². The van der Waals surface area contributed by atoms with Gasteiger partial charge in [-0.2, -0.15) is 0 Å². The van der Waals surface area contributed by atoms with Crippen molar-refractivity contribution in [3.63, 3.8) is 0 Å². The number of carbonyl (C=O) groups excluding carboxylic acids is 1. The van der Waals surface area contributed by atoms with Crippen LogP contribution in [0.15, 0.2) is 30.3 Å². The first kappa shape index (κ1) is 14.1. The van der Waals surface area contributed by atoms with Crippen LogP contribution < -0.4 is 5.48 Å². The summed E-state index contributed by atoms with van der Waals surface area (Å²) in [5, 5.41) is 0. The van der Waals surface area contributed by atoms with E-state index in [1.54, 1.807) is 11.8 Å². The van der Waals surface area contributed by atoms with Crippen LogP contribution in [0.3, 0.4) is 0 Å². The summed E-state index contributed by atoms with van der Waals surface area (Å²) < 4.78 is 0.0940. The Hall–Kier alpha value is -1.00. The number of thioether (sulfide) groups is 1. The number of hydrogen-bond acceptors (Lipinski definition) is 3. The van der Waals surface area contributed by atoms with Gasteiger partial charge in [0.1, 0.15) is 0 Å². The summed E-state index contributed by atoms with van der Waals surface area (Å²) in [6.07, 6.45) is 0. The van der Waals surface area contributed by atoms with Gasteiger partial charge in [0.05, 0.1) is 12.4 Å². The highest BCUT2D eigenvalue weighted by Gasteiger charge is 2.13. The molecule has 0 saturated carbocycles. The van der Waals surface area contributed by atoms with E-state index in [1.165, 1.54) is 0 Å². The third kappa shape index (κ3) is 7.02. The summed E-state index contributed by atoms with van der Waals surface area (Å²) in [6.45, 7) is 6.63. The van der Waals surface area contributed by atoms with Gasteiger partial charge in [0.15, 0.2) is 0 Å². The van der Waals surface area contributed by atoms with Gasteiger partial charge in [-0.1, -0.05) is 51.1 Å². The van der Waals surface area contributed by atoms with Crippen LogP contribution >= 0.6 is 11.8 Å². The largest absolute Gasteiger partial charge is 0.272 e. The van der Waals surface area contributed by atoms with Gasteiger partial charge in [0.25, 0.3) is 5.91 Å². The first-order chi connectivity index (χ1) is 7.97. The van der Waals surface area contributed by atoms with Crippen molar-refractivity contribution in [3.05, 3.63) is 35.9 Å². The quantitative estimate of drug-likeness (QED) is 0.820. The van der Waals surface area contributed by atoms with Crippen LogP contribution in [0.2, 0.25) is 0 Å². The van der Waals surface area contributed by atoms with Gasteiger partial charge in [-0.25, -0.2) is 5.48 Å². The van der Waals surface area contributed by atoms with Crippen LogP contribution in [-0.2, 0) is 16.2 Å². The Kier molecular flexibility index (Phi) is 5.51. The topological polar surface area (TPSA) is 38.3 Å². The maximum Gasteiger partial charge on any atom is 0.253 e. The second-order valence-electron chi connectivity index (χ2n) is 4.70. The van der Waals surface area contributed by atoms with Gasteiger partial charge in [-0.15, -0.1) is 11.8 Å². The van der Waals surface area contributed by atoms with Crippen molar-refractivity contribution in [2.75, 3.05) is 5.75 Å². The molecule has 0 bridgehead atoms. The molecule has 1 aromatic rings. The van der Waals surface area contributed by atoms with Gasteiger partial charge < -0.3 is 0 Å². The number of hydrogen-bond donors (Lipinski definition) is 1. The van der Waals surface area contributed by atoms with E-state index in [9.17, 15) is 4.79 Å². The molecule has 0 aromatic heterocycles. The maximum absolute atomic E-state index is 11.4. The van der Waals surface area contributed by atoms with Crippen LogP contribution in [0.1, 0.15) is 26.3 Å². The van der Waals surface area contributed by atoms with Crippen molar-refractivity contribution in [2.45, 2.75) is 32.1 Å². The van der Waals surface area contributed by atoms with Crippen LogP contribution in [-0.4, -0.2) is 16.4 Å². The summed E-state index contributed by atoms with van der Waals surface area (Å²) in [4.78, 5) is 16.6. The number of nitrogens with one attached hydrogen (secondary N) is 1. The predicted molar refractivity (Wildman–Crippen MR) is 71.6 cm³/mol. The summed E-state index contributed by atoms with van der Waals surface area (Å²) in [7, 11) is 0. The highest BCUT2D eigenvalue weighted by atomic mass is 32.2. The average molecular weight is 253 g/mol. The van der Waals surface area contributed by atoms with Crippen LogP contribution in [0.4, 0.5) is 0 Å². The second-order valence-corrected chi connectivity index (χ2v) is 6.50. The molecule has 0 radical (unpaired) electrons. The zero-order chi connectivity index (χ0) is 12.7. The first-order valence-electron chi connectivity index (χ1n) is 5.56. The molecule has 1 rings (SSSR count). The summed E-state index contributed by atoms with van der Waals surface area (Å²) in [5.41, 5.74) is 3.48. The van der Waals surface area contributed by atoms with Crippen LogP contribution in [0.25, 0.3) is 0 Å². The van der Waals surface area contributed by atoms with E-state index in [0.29, 0.717) is 12.4 Å². The van der Waals surface area contributed by atoms with Crippen molar-refractivity contribution in [1.82, 2.24) is 5.48 Å². The van der Waals surface area contributed by atoms with E-state index >= 15 is 0 Å². The monoisotopic (exact) mass is 253 g/mol. The van der Waals surface area contributed by atoms with E-state index in [2.05, 4.69) is 26.3 Å². The second kappa shape index (κ2) is 6.67. The van der Waals surface area contributed by atoms with Crippen molar-refractivity contribution in [3.8, 4) is 0 Å². The molecule has 17 heavy (non-hydrogen) atoms. The predicted octanol–water partition coefficient (Wildman–Crippen LogP) is 2.77. The Morgan fingerprint density at radius 3 is 2.53 bits per heavy atom. The van der Waals surface area contributed by atoms with E-state index in [1.807, 2.05) is 30.3 Å². The van der Waals surface area contributed by atoms with Gasteiger partial charge in [-0.3, -0.25) is 9.63 Å². The van der Waals surface area contributed by atoms with Crippen molar-refractivity contribution >= 4 is 17.7 Å². The molecule has 0 aliphatic heterocycles. The van der Waals surface area contributed by atoms with Gasteiger partial charge in [0, 0.05) is 4.75 Å². The van der Waals surface area contributed by atoms with E-state index in [-0.39, 0.29) is 10.7 Å². The lowest BCUT2D eigenvalue weighted by atomic mass is 10.2. The Morgan fingerprint density at radius 2 is 1.94 bits per heavy atom. The normalized spacial score (nSPS) is 11.2. The number of amides is 1. The molecule has 1 N–H and O–H groups in total. The number of carbonyl (C=O) groups is 1. The number of benzene rings is 1. The standard InChI is InChI=1S/C13H19NO2S/c1-13(2,3)17-10-12(15)14-16-9-11-7-5-4-6-8-11/h4-8H,9-10H2,1-3H3,(H,14,15). The molecular weight excluding hydrogens is 234 g/mol. The van der Waals surface area contributed by atoms with Crippen molar-refractivity contribution in [1.29, 1.82) is 0 Å². The van der Waals surface area contributed by atoms with Crippen LogP contribution in [0, 0.1) is 0 Å². The third-order valence-electron chi connectivity index (χ3n) is 1.90. The van der Waals surface area contributed by atoms with E-state index < -0.39 is 0 Å². The molecule has 0 saturated heterocycles. The lowest BCUT2D eigenvalue weighted by molar-refractivity contribution is -0.131. The fourth-order valence-electron chi connectivity index (χ4n) is 1.09. The lowest BCUT2D eigenvalue weighted by Crippen LogP contribution is -2.27. The highest BCUT2D eigenvalue weighted by Crippen LogP contribution is 2.22. The minimum Gasteiger partial charge on any atom is -0.272 e. The summed E-state index contributed by atoms with van der Waals surface area (Å²) >= 11 is 1.60. The fraction of sp³-hybridized carbons (Fsp3) is 0.462. The molecule has 4 heteroatoms. The minimum atomic E-state index is -0.0964. The molecule has 0 spiro atoms. The molecule has 0 unspecified atom stereocenters. The smallest absolute Gasteiger partial charge is 0.253 e. The highest BCUT2D eigenvalue weighted by molar-refractivity contribution is 8.01. The van der Waals surface area contributed by atoms with Crippen LogP contribution in [0.5, 0.6) is 0 Å². The van der Waals surface area contributed by atoms with Crippen molar-refractivity contribution in [2.24, 2.45) is 0 Å². The molecule has 0 atom stereocenters. The molecule has 0 aliphatic rings. The number of rotatable bonds is 5. The molecule has 3 nitrogen and oxygen atoms in total. The minimum absolute atomic E-state index is 0.0940. The Morgan fingerprint density at radius 1 is 1.29 bits per heavy atom. The van der Waals surface area contributed by atoms with Crippen molar-refractivity contribution < 1.29 is 9.63 Å². The average Bonchev–Trinajstić information content (AvgIpc) is 2.27. The number of hydroxylamine groups is 1. The third-order valence-corrected chi connectivity index (χ3v) is 3.18. The summed E-state index contributed by atoms with van der Waals surface area (Å²) in [5.74, 6) is 0.319. The van der Waals surface area contributed by atoms with Gasteiger partial charge >= 0.3 is 0 Å². The molecule has 1 amide bonds. The Balaban J connectivity index is 2.17. The molecule has 0 heterocycles. The SMILES string of the molecule is CC(C)(C)SCC(=O)NOCc1ccccc1. The Bertz CT molecular complexity index is 346. The molecule has 0 fully saturated rings. The lowest BCUT2D eigenvalue weighted by Gasteiger charge is -2.16. The first-order valence-corrected chi connectivity index (χ1v) is 6.54.